The molecule has 376 valence electrons. The SMILES string of the molecule is CCCCCCCCC/C=C\CCCCCCCC(=O)OC(COC(=O)CCCCCCCCCCC)COC(=O)CCCCCCCCCCC/C=C\CCCCCCCCCC. The molecule has 0 heterocycles. The van der Waals surface area contributed by atoms with E-state index < -0.39 is 6.10 Å². The Kier molecular flexibility index (Phi) is 51.7. The third-order valence-corrected chi connectivity index (χ3v) is 12.7. The lowest BCUT2D eigenvalue weighted by Gasteiger charge is -2.18. The lowest BCUT2D eigenvalue weighted by Crippen LogP contribution is -2.30. The molecule has 0 aliphatic rings. The van der Waals surface area contributed by atoms with Gasteiger partial charge >= 0.3 is 17.9 Å². The molecule has 0 aliphatic carbocycles. The fourth-order valence-corrected chi connectivity index (χ4v) is 8.37. The lowest BCUT2D eigenvalue weighted by atomic mass is 10.1. The highest BCUT2D eigenvalue weighted by Gasteiger charge is 2.19. The summed E-state index contributed by atoms with van der Waals surface area (Å²) < 4.78 is 16.8. The quantitative estimate of drug-likeness (QED) is 0.0262. The topological polar surface area (TPSA) is 78.9 Å². The normalized spacial score (nSPS) is 12.1. The first-order valence-electron chi connectivity index (χ1n) is 28.3. The zero-order valence-corrected chi connectivity index (χ0v) is 43.1. The number of hydrogen-bond donors (Lipinski definition) is 0. The molecule has 1 unspecified atom stereocenters. The van der Waals surface area contributed by atoms with Crippen LogP contribution in [0.1, 0.15) is 310 Å². The summed E-state index contributed by atoms with van der Waals surface area (Å²) in [5.74, 6) is -0.869. The van der Waals surface area contributed by atoms with Gasteiger partial charge in [0.05, 0.1) is 0 Å². The number of allylic oxidation sites excluding steroid dienone is 4. The third kappa shape index (κ3) is 50.9. The minimum atomic E-state index is -0.771. The zero-order chi connectivity index (χ0) is 46.5. The molecule has 6 heteroatoms. The standard InChI is InChI=1S/C58H108O6/c1-4-7-10-13-16-19-21-23-25-27-28-29-30-31-33-34-36-39-42-45-48-51-57(60)63-54-55(53-62-56(59)50-47-44-41-38-18-15-12-9-6-3)64-58(61)52-49-46-43-40-37-35-32-26-24-22-20-17-14-11-8-5-2/h26-28,32,55H,4-25,29-31,33-54H2,1-3H3/b28-27-,32-26-. The zero-order valence-electron chi connectivity index (χ0n) is 43.1. The molecular formula is C58H108O6. The second kappa shape index (κ2) is 53.5. The van der Waals surface area contributed by atoms with E-state index in [0.29, 0.717) is 19.3 Å². The van der Waals surface area contributed by atoms with Crippen molar-refractivity contribution in [2.45, 2.75) is 316 Å². The van der Waals surface area contributed by atoms with Crippen LogP contribution in [0.5, 0.6) is 0 Å². The summed E-state index contributed by atoms with van der Waals surface area (Å²) in [4.78, 5) is 38.0. The molecule has 64 heavy (non-hydrogen) atoms. The van der Waals surface area contributed by atoms with E-state index in [4.69, 9.17) is 14.2 Å². The molecule has 0 rings (SSSR count). The monoisotopic (exact) mass is 901 g/mol. The van der Waals surface area contributed by atoms with Gasteiger partial charge in [-0.25, -0.2) is 0 Å². The first-order valence-corrected chi connectivity index (χ1v) is 28.3. The molecule has 0 aromatic heterocycles. The van der Waals surface area contributed by atoms with Crippen molar-refractivity contribution in [2.24, 2.45) is 0 Å². The Morgan fingerprint density at radius 1 is 0.297 bits per heavy atom. The van der Waals surface area contributed by atoms with E-state index in [9.17, 15) is 14.4 Å². The van der Waals surface area contributed by atoms with E-state index in [1.165, 1.54) is 205 Å². The third-order valence-electron chi connectivity index (χ3n) is 12.7. The van der Waals surface area contributed by atoms with Crippen LogP contribution in [0.4, 0.5) is 0 Å². The van der Waals surface area contributed by atoms with Gasteiger partial charge in [0.25, 0.3) is 0 Å². The second-order valence-electron chi connectivity index (χ2n) is 19.2. The number of hydrogen-bond acceptors (Lipinski definition) is 6. The van der Waals surface area contributed by atoms with Gasteiger partial charge in [0.15, 0.2) is 6.10 Å². The molecule has 0 aromatic carbocycles. The molecule has 0 amide bonds. The largest absolute Gasteiger partial charge is 0.462 e. The Bertz CT molecular complexity index is 1040. The Balaban J connectivity index is 4.24. The maximum Gasteiger partial charge on any atom is 0.306 e. The Morgan fingerprint density at radius 2 is 0.516 bits per heavy atom. The van der Waals surface area contributed by atoms with Gasteiger partial charge in [-0.1, -0.05) is 244 Å². The summed E-state index contributed by atoms with van der Waals surface area (Å²) >= 11 is 0. The fourth-order valence-electron chi connectivity index (χ4n) is 8.37. The van der Waals surface area contributed by atoms with Gasteiger partial charge in [0, 0.05) is 19.3 Å². The molecule has 0 aromatic rings. The Morgan fingerprint density at radius 3 is 0.781 bits per heavy atom. The van der Waals surface area contributed by atoms with E-state index in [0.717, 1.165) is 64.2 Å². The van der Waals surface area contributed by atoms with Crippen LogP contribution in [0, 0.1) is 0 Å². The highest BCUT2D eigenvalue weighted by molar-refractivity contribution is 5.71. The fraction of sp³-hybridized carbons (Fsp3) is 0.879. The van der Waals surface area contributed by atoms with Crippen LogP contribution >= 0.6 is 0 Å². The summed E-state index contributed by atoms with van der Waals surface area (Å²) in [5, 5.41) is 0. The minimum Gasteiger partial charge on any atom is -0.462 e. The summed E-state index contributed by atoms with van der Waals surface area (Å²) in [6, 6.07) is 0. The van der Waals surface area contributed by atoms with Crippen LogP contribution in [0.25, 0.3) is 0 Å². The number of esters is 3. The van der Waals surface area contributed by atoms with E-state index in [1.807, 2.05) is 0 Å². The molecule has 0 N–H and O–H groups in total. The van der Waals surface area contributed by atoms with Crippen LogP contribution in [-0.2, 0) is 28.6 Å². The van der Waals surface area contributed by atoms with Crippen LogP contribution in [-0.4, -0.2) is 37.2 Å². The predicted molar refractivity (Wildman–Crippen MR) is 275 cm³/mol. The minimum absolute atomic E-state index is 0.0716. The summed E-state index contributed by atoms with van der Waals surface area (Å²) in [7, 11) is 0. The number of carbonyl (C=O) groups is 3. The van der Waals surface area contributed by atoms with Gasteiger partial charge in [-0.15, -0.1) is 0 Å². The van der Waals surface area contributed by atoms with Crippen molar-refractivity contribution < 1.29 is 28.6 Å². The van der Waals surface area contributed by atoms with E-state index >= 15 is 0 Å². The summed E-state index contributed by atoms with van der Waals surface area (Å²) in [6.07, 6.45) is 61.8. The predicted octanol–water partition coefficient (Wildman–Crippen LogP) is 18.7. The van der Waals surface area contributed by atoms with Crippen molar-refractivity contribution in [1.82, 2.24) is 0 Å². The van der Waals surface area contributed by atoms with Crippen molar-refractivity contribution in [3.05, 3.63) is 24.3 Å². The number of ether oxygens (including phenoxy) is 3. The average Bonchev–Trinajstić information content (AvgIpc) is 3.29. The van der Waals surface area contributed by atoms with E-state index in [-0.39, 0.29) is 31.1 Å². The summed E-state index contributed by atoms with van der Waals surface area (Å²) in [5.41, 5.74) is 0. The molecule has 0 aliphatic heterocycles. The number of rotatable bonds is 52. The molecular weight excluding hydrogens is 793 g/mol. The Labute approximate surface area is 398 Å². The molecule has 0 fully saturated rings. The molecule has 0 radical (unpaired) electrons. The molecule has 1 atom stereocenters. The summed E-state index contributed by atoms with van der Waals surface area (Å²) in [6.45, 7) is 6.65. The maximum atomic E-state index is 12.8. The van der Waals surface area contributed by atoms with Gasteiger partial charge in [0.2, 0.25) is 0 Å². The molecule has 0 saturated carbocycles. The highest BCUT2D eigenvalue weighted by Crippen LogP contribution is 2.16. The number of unbranched alkanes of at least 4 members (excludes halogenated alkanes) is 37. The smallest absolute Gasteiger partial charge is 0.306 e. The highest BCUT2D eigenvalue weighted by atomic mass is 16.6. The van der Waals surface area contributed by atoms with Crippen LogP contribution < -0.4 is 0 Å². The molecule has 0 spiro atoms. The first kappa shape index (κ1) is 61.9. The first-order chi connectivity index (χ1) is 31.5. The molecule has 6 nitrogen and oxygen atoms in total. The van der Waals surface area contributed by atoms with Crippen molar-refractivity contribution in [3.63, 3.8) is 0 Å². The molecule has 0 saturated heterocycles. The van der Waals surface area contributed by atoms with Crippen LogP contribution in [0.15, 0.2) is 24.3 Å². The maximum absolute atomic E-state index is 12.8. The number of carbonyl (C=O) groups excluding carboxylic acids is 3. The average molecular weight is 901 g/mol. The Hall–Kier alpha value is -2.11. The van der Waals surface area contributed by atoms with Gasteiger partial charge in [-0.2, -0.15) is 0 Å². The van der Waals surface area contributed by atoms with Crippen molar-refractivity contribution in [1.29, 1.82) is 0 Å². The van der Waals surface area contributed by atoms with Crippen LogP contribution in [0.2, 0.25) is 0 Å². The van der Waals surface area contributed by atoms with E-state index in [2.05, 4.69) is 45.1 Å². The second-order valence-corrected chi connectivity index (χ2v) is 19.2. The van der Waals surface area contributed by atoms with E-state index in [1.54, 1.807) is 0 Å². The van der Waals surface area contributed by atoms with Gasteiger partial charge in [0.1, 0.15) is 13.2 Å². The lowest BCUT2D eigenvalue weighted by molar-refractivity contribution is -0.167. The van der Waals surface area contributed by atoms with Gasteiger partial charge < -0.3 is 14.2 Å². The molecule has 0 bridgehead atoms. The van der Waals surface area contributed by atoms with Crippen molar-refractivity contribution >= 4 is 17.9 Å². The van der Waals surface area contributed by atoms with Crippen LogP contribution in [0.3, 0.4) is 0 Å². The van der Waals surface area contributed by atoms with Crippen molar-refractivity contribution in [2.75, 3.05) is 13.2 Å². The van der Waals surface area contributed by atoms with Gasteiger partial charge in [-0.05, 0) is 70.6 Å². The van der Waals surface area contributed by atoms with Gasteiger partial charge in [-0.3, -0.25) is 14.4 Å². The van der Waals surface area contributed by atoms with Crippen molar-refractivity contribution in [3.8, 4) is 0 Å².